The highest BCUT2D eigenvalue weighted by Gasteiger charge is 2.24. The average molecular weight is 236 g/mol. The Labute approximate surface area is 99.8 Å². The maximum atomic E-state index is 11.8. The Bertz CT molecular complexity index is 400. The second-order valence-corrected chi connectivity index (χ2v) is 4.25. The molecular weight excluding hydrogens is 220 g/mol. The van der Waals surface area contributed by atoms with Gasteiger partial charge in [0.1, 0.15) is 5.76 Å². The van der Waals surface area contributed by atoms with Crippen molar-refractivity contribution in [3.05, 3.63) is 24.2 Å². The molecule has 1 fully saturated rings. The minimum absolute atomic E-state index is 0.0325. The van der Waals surface area contributed by atoms with Crippen LogP contribution in [0.3, 0.4) is 0 Å². The number of carbonyl (C=O) groups excluding carboxylic acids is 2. The molecule has 1 saturated heterocycles. The van der Waals surface area contributed by atoms with Crippen LogP contribution < -0.4 is 5.32 Å². The number of rotatable bonds is 3. The van der Waals surface area contributed by atoms with Crippen molar-refractivity contribution >= 4 is 11.8 Å². The van der Waals surface area contributed by atoms with E-state index in [0.717, 1.165) is 5.76 Å². The molecule has 2 amide bonds. The summed E-state index contributed by atoms with van der Waals surface area (Å²) < 4.78 is 5.26. The Morgan fingerprint density at radius 2 is 2.35 bits per heavy atom. The highest BCUT2D eigenvalue weighted by atomic mass is 16.3. The lowest BCUT2D eigenvalue weighted by molar-refractivity contribution is -0.131. The summed E-state index contributed by atoms with van der Waals surface area (Å²) in [6.07, 6.45) is 2.67. The Morgan fingerprint density at radius 3 is 3.06 bits per heavy atom. The molecule has 1 aromatic rings. The van der Waals surface area contributed by atoms with Gasteiger partial charge in [0.05, 0.1) is 12.8 Å². The van der Waals surface area contributed by atoms with E-state index >= 15 is 0 Å². The van der Waals surface area contributed by atoms with E-state index in [1.165, 1.54) is 0 Å². The number of hydrogen-bond acceptors (Lipinski definition) is 3. The molecule has 0 aliphatic carbocycles. The van der Waals surface area contributed by atoms with E-state index in [4.69, 9.17) is 4.42 Å². The average Bonchev–Trinajstić information content (AvgIpc) is 2.73. The van der Waals surface area contributed by atoms with Crippen LogP contribution in [0.5, 0.6) is 0 Å². The number of amides is 2. The second kappa shape index (κ2) is 5.03. The summed E-state index contributed by atoms with van der Waals surface area (Å²) in [6.45, 7) is 2.55. The van der Waals surface area contributed by atoms with Gasteiger partial charge in [0.2, 0.25) is 11.8 Å². The van der Waals surface area contributed by atoms with Crippen LogP contribution in [-0.2, 0) is 16.0 Å². The molecule has 1 N–H and O–H groups in total. The fourth-order valence-electron chi connectivity index (χ4n) is 2.01. The summed E-state index contributed by atoms with van der Waals surface area (Å²) in [4.78, 5) is 24.8. The maximum absolute atomic E-state index is 11.8. The largest absolute Gasteiger partial charge is 0.469 e. The molecule has 1 aromatic heterocycles. The van der Waals surface area contributed by atoms with Crippen molar-refractivity contribution in [3.63, 3.8) is 0 Å². The molecule has 5 heteroatoms. The lowest BCUT2D eigenvalue weighted by Gasteiger charge is -2.26. The van der Waals surface area contributed by atoms with Gasteiger partial charge in [-0.25, -0.2) is 0 Å². The fraction of sp³-hybridized carbons (Fsp3) is 0.500. The Morgan fingerprint density at radius 1 is 1.53 bits per heavy atom. The SMILES string of the molecule is CC(Cc1ccco1)N1CCC(=O)NCC1=O. The molecule has 5 nitrogen and oxygen atoms in total. The zero-order valence-electron chi connectivity index (χ0n) is 9.81. The van der Waals surface area contributed by atoms with Crippen LogP contribution in [0.4, 0.5) is 0 Å². The Kier molecular flexibility index (Phi) is 3.46. The Hall–Kier alpha value is -1.78. The summed E-state index contributed by atoms with van der Waals surface area (Å²) in [5.74, 6) is 0.759. The molecule has 0 saturated carbocycles. The topological polar surface area (TPSA) is 62.6 Å². The van der Waals surface area contributed by atoms with Gasteiger partial charge < -0.3 is 14.6 Å². The summed E-state index contributed by atoms with van der Waals surface area (Å²) in [6, 6.07) is 3.76. The van der Waals surface area contributed by atoms with Crippen molar-refractivity contribution in [1.82, 2.24) is 10.2 Å². The van der Waals surface area contributed by atoms with Crippen LogP contribution in [0.15, 0.2) is 22.8 Å². The first-order chi connectivity index (χ1) is 8.16. The van der Waals surface area contributed by atoms with Crippen LogP contribution in [0, 0.1) is 0 Å². The van der Waals surface area contributed by atoms with Crippen molar-refractivity contribution in [2.24, 2.45) is 0 Å². The first kappa shape index (κ1) is 11.7. The summed E-state index contributed by atoms with van der Waals surface area (Å²) >= 11 is 0. The minimum Gasteiger partial charge on any atom is -0.469 e. The minimum atomic E-state index is -0.0638. The van der Waals surface area contributed by atoms with Gasteiger partial charge in [-0.15, -0.1) is 0 Å². The van der Waals surface area contributed by atoms with Gasteiger partial charge in [-0.1, -0.05) is 0 Å². The molecule has 1 aliphatic rings. The smallest absolute Gasteiger partial charge is 0.242 e. The van der Waals surface area contributed by atoms with Gasteiger partial charge in [-0.3, -0.25) is 9.59 Å². The molecule has 2 rings (SSSR count). The number of hydrogen-bond donors (Lipinski definition) is 1. The Balaban J connectivity index is 1.99. The van der Waals surface area contributed by atoms with Gasteiger partial charge in [-0.2, -0.15) is 0 Å². The van der Waals surface area contributed by atoms with E-state index in [-0.39, 0.29) is 24.4 Å². The van der Waals surface area contributed by atoms with E-state index in [1.54, 1.807) is 11.2 Å². The molecule has 1 aliphatic heterocycles. The molecule has 92 valence electrons. The number of furan rings is 1. The van der Waals surface area contributed by atoms with E-state index < -0.39 is 0 Å². The summed E-state index contributed by atoms with van der Waals surface area (Å²) in [5, 5.41) is 2.58. The molecule has 0 bridgehead atoms. The van der Waals surface area contributed by atoms with Crippen molar-refractivity contribution in [2.45, 2.75) is 25.8 Å². The monoisotopic (exact) mass is 236 g/mol. The number of carbonyl (C=O) groups is 2. The van der Waals surface area contributed by atoms with Crippen molar-refractivity contribution in [1.29, 1.82) is 0 Å². The van der Waals surface area contributed by atoms with Crippen LogP contribution in [0.25, 0.3) is 0 Å². The first-order valence-corrected chi connectivity index (χ1v) is 5.75. The second-order valence-electron chi connectivity index (χ2n) is 4.25. The van der Waals surface area contributed by atoms with Gasteiger partial charge in [0, 0.05) is 25.4 Å². The zero-order valence-corrected chi connectivity index (χ0v) is 9.81. The normalized spacial score (nSPS) is 18.8. The molecule has 0 radical (unpaired) electrons. The maximum Gasteiger partial charge on any atom is 0.242 e. The van der Waals surface area contributed by atoms with Crippen LogP contribution in [-0.4, -0.2) is 35.8 Å². The van der Waals surface area contributed by atoms with E-state index in [0.29, 0.717) is 19.4 Å². The molecule has 0 spiro atoms. The molecular formula is C12H16N2O3. The van der Waals surface area contributed by atoms with E-state index in [9.17, 15) is 9.59 Å². The molecule has 2 heterocycles. The van der Waals surface area contributed by atoms with Crippen LogP contribution in [0.1, 0.15) is 19.1 Å². The highest BCUT2D eigenvalue weighted by molar-refractivity contribution is 5.87. The first-order valence-electron chi connectivity index (χ1n) is 5.75. The third-order valence-electron chi connectivity index (χ3n) is 2.95. The van der Waals surface area contributed by atoms with Crippen molar-refractivity contribution < 1.29 is 14.0 Å². The summed E-state index contributed by atoms with van der Waals surface area (Å²) in [5.41, 5.74) is 0. The summed E-state index contributed by atoms with van der Waals surface area (Å²) in [7, 11) is 0. The van der Waals surface area contributed by atoms with Crippen LogP contribution >= 0.6 is 0 Å². The lowest BCUT2D eigenvalue weighted by Crippen LogP contribution is -2.42. The van der Waals surface area contributed by atoms with Gasteiger partial charge in [-0.05, 0) is 19.1 Å². The third kappa shape index (κ3) is 2.87. The van der Waals surface area contributed by atoms with Crippen molar-refractivity contribution in [2.75, 3.05) is 13.1 Å². The van der Waals surface area contributed by atoms with Gasteiger partial charge in [0.15, 0.2) is 0 Å². The van der Waals surface area contributed by atoms with Gasteiger partial charge in [0.25, 0.3) is 0 Å². The predicted molar refractivity (Wildman–Crippen MR) is 61.2 cm³/mol. The quantitative estimate of drug-likeness (QED) is 0.834. The lowest BCUT2D eigenvalue weighted by atomic mass is 10.1. The number of nitrogens with one attached hydrogen (secondary N) is 1. The molecule has 0 aromatic carbocycles. The molecule has 17 heavy (non-hydrogen) atoms. The number of nitrogens with zero attached hydrogens (tertiary/aromatic N) is 1. The molecule has 1 unspecified atom stereocenters. The van der Waals surface area contributed by atoms with Crippen LogP contribution in [0.2, 0.25) is 0 Å². The van der Waals surface area contributed by atoms with Crippen molar-refractivity contribution in [3.8, 4) is 0 Å². The fourth-order valence-corrected chi connectivity index (χ4v) is 2.01. The third-order valence-corrected chi connectivity index (χ3v) is 2.95. The zero-order chi connectivity index (χ0) is 12.3. The highest BCUT2D eigenvalue weighted by Crippen LogP contribution is 2.11. The molecule has 1 atom stereocenters. The van der Waals surface area contributed by atoms with E-state index in [1.807, 2.05) is 19.1 Å². The van der Waals surface area contributed by atoms with E-state index in [2.05, 4.69) is 5.32 Å². The van der Waals surface area contributed by atoms with Gasteiger partial charge >= 0.3 is 0 Å². The predicted octanol–water partition coefficient (Wildman–Crippen LogP) is 0.559. The standard InChI is InChI=1S/C12H16N2O3/c1-9(7-10-3-2-6-17-10)14-5-4-11(15)13-8-12(14)16/h2-3,6,9H,4-5,7-8H2,1H3,(H,13,15).